The standard InChI is InChI=1S/C9H19NO3/c1-12-5-2-4-10-7-9(11)3-6-13-8-9/h10-11H,2-8H2,1H3. The molecule has 0 bridgehead atoms. The summed E-state index contributed by atoms with van der Waals surface area (Å²) in [7, 11) is 1.69. The summed E-state index contributed by atoms with van der Waals surface area (Å²) in [5.41, 5.74) is -0.632. The minimum atomic E-state index is -0.632. The highest BCUT2D eigenvalue weighted by molar-refractivity contribution is 4.84. The van der Waals surface area contributed by atoms with Crippen LogP contribution in [0.3, 0.4) is 0 Å². The van der Waals surface area contributed by atoms with Crippen LogP contribution >= 0.6 is 0 Å². The molecule has 1 unspecified atom stereocenters. The normalized spacial score (nSPS) is 28.2. The third-order valence-corrected chi connectivity index (χ3v) is 2.24. The summed E-state index contributed by atoms with van der Waals surface area (Å²) in [5, 5.41) is 13.0. The van der Waals surface area contributed by atoms with Crippen LogP contribution < -0.4 is 5.32 Å². The van der Waals surface area contributed by atoms with Crippen LogP contribution in [-0.4, -0.2) is 50.7 Å². The Hall–Kier alpha value is -0.160. The Bertz CT molecular complexity index is 135. The van der Waals surface area contributed by atoms with Gasteiger partial charge in [-0.2, -0.15) is 0 Å². The topological polar surface area (TPSA) is 50.7 Å². The molecule has 0 aromatic carbocycles. The zero-order valence-corrected chi connectivity index (χ0v) is 8.21. The van der Waals surface area contributed by atoms with Crippen LogP contribution in [0.25, 0.3) is 0 Å². The summed E-state index contributed by atoms with van der Waals surface area (Å²) in [6.45, 7) is 3.41. The predicted octanol–water partition coefficient (Wildman–Crippen LogP) is -0.236. The lowest BCUT2D eigenvalue weighted by atomic mass is 10.0. The largest absolute Gasteiger partial charge is 0.386 e. The lowest BCUT2D eigenvalue weighted by molar-refractivity contribution is 0.0268. The fourth-order valence-electron chi connectivity index (χ4n) is 1.40. The van der Waals surface area contributed by atoms with Crippen LogP contribution in [0, 0.1) is 0 Å². The fraction of sp³-hybridized carbons (Fsp3) is 1.00. The number of rotatable bonds is 6. The molecule has 1 aliphatic rings. The second-order valence-electron chi connectivity index (χ2n) is 3.55. The van der Waals surface area contributed by atoms with E-state index < -0.39 is 5.60 Å². The number of methoxy groups -OCH3 is 1. The first-order valence-electron chi connectivity index (χ1n) is 4.77. The molecule has 13 heavy (non-hydrogen) atoms. The smallest absolute Gasteiger partial charge is 0.102 e. The molecule has 0 aliphatic carbocycles. The maximum absolute atomic E-state index is 9.83. The molecule has 0 saturated carbocycles. The molecule has 0 aromatic rings. The van der Waals surface area contributed by atoms with Crippen molar-refractivity contribution in [2.45, 2.75) is 18.4 Å². The zero-order valence-electron chi connectivity index (χ0n) is 8.21. The van der Waals surface area contributed by atoms with Gasteiger partial charge in [0.05, 0.1) is 6.61 Å². The number of nitrogens with one attached hydrogen (secondary N) is 1. The average molecular weight is 189 g/mol. The van der Waals surface area contributed by atoms with Crippen LogP contribution in [0.15, 0.2) is 0 Å². The molecule has 1 fully saturated rings. The Morgan fingerprint density at radius 1 is 1.62 bits per heavy atom. The van der Waals surface area contributed by atoms with Crippen molar-refractivity contribution in [2.24, 2.45) is 0 Å². The third kappa shape index (κ3) is 4.04. The van der Waals surface area contributed by atoms with E-state index in [1.165, 1.54) is 0 Å². The first-order valence-corrected chi connectivity index (χ1v) is 4.77. The molecule has 1 heterocycles. The SMILES string of the molecule is COCCCNCC1(O)CCOC1. The summed E-state index contributed by atoms with van der Waals surface area (Å²) >= 11 is 0. The molecule has 1 atom stereocenters. The quantitative estimate of drug-likeness (QED) is 0.566. The molecule has 4 nitrogen and oxygen atoms in total. The maximum Gasteiger partial charge on any atom is 0.102 e. The summed E-state index contributed by atoms with van der Waals surface area (Å²) in [6, 6.07) is 0. The zero-order chi connectivity index (χ0) is 9.57. The second kappa shape index (κ2) is 5.54. The number of ether oxygens (including phenoxy) is 2. The Morgan fingerprint density at radius 2 is 2.46 bits per heavy atom. The molecule has 1 rings (SSSR count). The van der Waals surface area contributed by atoms with Gasteiger partial charge in [-0.1, -0.05) is 0 Å². The number of hydrogen-bond donors (Lipinski definition) is 2. The van der Waals surface area contributed by atoms with Gasteiger partial charge in [0.15, 0.2) is 0 Å². The molecular weight excluding hydrogens is 170 g/mol. The van der Waals surface area contributed by atoms with Gasteiger partial charge < -0.3 is 19.9 Å². The Balaban J connectivity index is 1.98. The summed E-state index contributed by atoms with van der Waals surface area (Å²) in [6.07, 6.45) is 1.72. The van der Waals surface area contributed by atoms with E-state index >= 15 is 0 Å². The van der Waals surface area contributed by atoms with Crippen molar-refractivity contribution >= 4 is 0 Å². The van der Waals surface area contributed by atoms with Gasteiger partial charge in [-0.25, -0.2) is 0 Å². The Morgan fingerprint density at radius 3 is 3.08 bits per heavy atom. The van der Waals surface area contributed by atoms with Crippen molar-refractivity contribution in [3.63, 3.8) is 0 Å². The lowest BCUT2D eigenvalue weighted by Gasteiger charge is -2.20. The van der Waals surface area contributed by atoms with Gasteiger partial charge in [-0.05, 0) is 13.0 Å². The van der Waals surface area contributed by atoms with Crippen molar-refractivity contribution in [3.8, 4) is 0 Å². The fourth-order valence-corrected chi connectivity index (χ4v) is 1.40. The van der Waals surface area contributed by atoms with Gasteiger partial charge >= 0.3 is 0 Å². The minimum Gasteiger partial charge on any atom is -0.386 e. The summed E-state index contributed by atoms with van der Waals surface area (Å²) in [5.74, 6) is 0. The van der Waals surface area contributed by atoms with E-state index in [0.717, 1.165) is 26.0 Å². The molecule has 4 heteroatoms. The van der Waals surface area contributed by atoms with Crippen molar-refractivity contribution in [1.29, 1.82) is 0 Å². The van der Waals surface area contributed by atoms with E-state index in [0.29, 0.717) is 19.8 Å². The monoisotopic (exact) mass is 189 g/mol. The van der Waals surface area contributed by atoms with E-state index in [-0.39, 0.29) is 0 Å². The highest BCUT2D eigenvalue weighted by Crippen LogP contribution is 2.16. The van der Waals surface area contributed by atoms with E-state index in [4.69, 9.17) is 9.47 Å². The molecule has 0 aromatic heterocycles. The number of aliphatic hydroxyl groups is 1. The van der Waals surface area contributed by atoms with Gasteiger partial charge in [0.1, 0.15) is 5.60 Å². The van der Waals surface area contributed by atoms with Gasteiger partial charge in [-0.15, -0.1) is 0 Å². The van der Waals surface area contributed by atoms with Crippen molar-refractivity contribution < 1.29 is 14.6 Å². The molecular formula is C9H19NO3. The van der Waals surface area contributed by atoms with Gasteiger partial charge in [-0.3, -0.25) is 0 Å². The van der Waals surface area contributed by atoms with Crippen LogP contribution in [0.2, 0.25) is 0 Å². The molecule has 78 valence electrons. The second-order valence-corrected chi connectivity index (χ2v) is 3.55. The predicted molar refractivity (Wildman–Crippen MR) is 49.7 cm³/mol. The summed E-state index contributed by atoms with van der Waals surface area (Å²) in [4.78, 5) is 0. The van der Waals surface area contributed by atoms with Crippen LogP contribution in [-0.2, 0) is 9.47 Å². The van der Waals surface area contributed by atoms with Crippen molar-refractivity contribution in [3.05, 3.63) is 0 Å². The first-order chi connectivity index (χ1) is 6.27. The lowest BCUT2D eigenvalue weighted by Crippen LogP contribution is -2.41. The summed E-state index contributed by atoms with van der Waals surface area (Å²) < 4.78 is 10.0. The molecule has 0 spiro atoms. The molecule has 0 radical (unpaired) electrons. The van der Waals surface area contributed by atoms with E-state index in [2.05, 4.69) is 5.32 Å². The van der Waals surface area contributed by atoms with Crippen LogP contribution in [0.5, 0.6) is 0 Å². The first kappa shape index (κ1) is 10.9. The molecule has 2 N–H and O–H groups in total. The van der Waals surface area contributed by atoms with Crippen molar-refractivity contribution in [1.82, 2.24) is 5.32 Å². The maximum atomic E-state index is 9.83. The Kier molecular flexibility index (Phi) is 4.66. The third-order valence-electron chi connectivity index (χ3n) is 2.24. The van der Waals surface area contributed by atoms with Crippen LogP contribution in [0.4, 0.5) is 0 Å². The van der Waals surface area contributed by atoms with Crippen molar-refractivity contribution in [2.75, 3.05) is 40.0 Å². The van der Waals surface area contributed by atoms with E-state index in [1.807, 2.05) is 0 Å². The van der Waals surface area contributed by atoms with Gasteiger partial charge in [0.2, 0.25) is 0 Å². The number of hydrogen-bond acceptors (Lipinski definition) is 4. The van der Waals surface area contributed by atoms with Gasteiger partial charge in [0.25, 0.3) is 0 Å². The molecule has 1 saturated heterocycles. The molecule has 1 aliphatic heterocycles. The van der Waals surface area contributed by atoms with Gasteiger partial charge in [0, 0.05) is 33.3 Å². The highest BCUT2D eigenvalue weighted by Gasteiger charge is 2.31. The average Bonchev–Trinajstić information content (AvgIpc) is 2.53. The molecule has 0 amide bonds. The van der Waals surface area contributed by atoms with E-state index in [1.54, 1.807) is 7.11 Å². The van der Waals surface area contributed by atoms with Crippen LogP contribution in [0.1, 0.15) is 12.8 Å². The highest BCUT2D eigenvalue weighted by atomic mass is 16.5. The Labute approximate surface area is 79.2 Å². The van der Waals surface area contributed by atoms with E-state index in [9.17, 15) is 5.11 Å². The minimum absolute atomic E-state index is 0.463.